The van der Waals surface area contributed by atoms with Gasteiger partial charge in [0.1, 0.15) is 18.2 Å². The molecule has 0 amide bonds. The van der Waals surface area contributed by atoms with Crippen LogP contribution >= 0.6 is 0 Å². The first kappa shape index (κ1) is 12.6. The summed E-state index contributed by atoms with van der Waals surface area (Å²) in [5.41, 5.74) is 1.18. The zero-order chi connectivity index (χ0) is 13.1. The summed E-state index contributed by atoms with van der Waals surface area (Å²) in [7, 11) is 0. The lowest BCUT2D eigenvalue weighted by molar-refractivity contribution is 0.185. The van der Waals surface area contributed by atoms with Crippen LogP contribution in [0.3, 0.4) is 0 Å². The number of halogens is 1. The van der Waals surface area contributed by atoms with Crippen LogP contribution in [0.2, 0.25) is 0 Å². The quantitative estimate of drug-likeness (QED) is 0.907. The van der Waals surface area contributed by atoms with Crippen LogP contribution in [0.4, 0.5) is 4.39 Å². The summed E-state index contributed by atoms with van der Waals surface area (Å²) in [6, 6.07) is 5.78. The molecule has 1 aromatic heterocycles. The van der Waals surface area contributed by atoms with Crippen LogP contribution in [0.25, 0.3) is 0 Å². The van der Waals surface area contributed by atoms with Gasteiger partial charge in [-0.15, -0.1) is 0 Å². The van der Waals surface area contributed by atoms with Crippen molar-refractivity contribution in [2.75, 3.05) is 0 Å². The lowest BCUT2D eigenvalue weighted by Crippen LogP contribution is -2.01. The first-order chi connectivity index (χ1) is 8.56. The van der Waals surface area contributed by atoms with Gasteiger partial charge in [-0.05, 0) is 32.0 Å². The molecule has 0 aliphatic rings. The van der Waals surface area contributed by atoms with Gasteiger partial charge in [-0.25, -0.2) is 4.39 Å². The fourth-order valence-corrected chi connectivity index (χ4v) is 1.61. The summed E-state index contributed by atoms with van der Waals surface area (Å²) in [5.74, 6) is 0.600. The van der Waals surface area contributed by atoms with Crippen molar-refractivity contribution in [3.8, 4) is 5.75 Å². The van der Waals surface area contributed by atoms with Crippen LogP contribution < -0.4 is 4.74 Å². The van der Waals surface area contributed by atoms with Crippen molar-refractivity contribution in [2.24, 2.45) is 0 Å². The van der Waals surface area contributed by atoms with Crippen molar-refractivity contribution < 1.29 is 18.8 Å². The molecule has 1 atom stereocenters. The number of aliphatic hydroxyl groups is 1. The van der Waals surface area contributed by atoms with Gasteiger partial charge in [0.05, 0.1) is 11.8 Å². The topological polar surface area (TPSA) is 55.5 Å². The van der Waals surface area contributed by atoms with E-state index in [2.05, 4.69) is 5.16 Å². The number of aryl methyl sites for hydroxylation is 1. The number of hydrogen-bond acceptors (Lipinski definition) is 4. The number of benzene rings is 1. The second-order valence-electron chi connectivity index (χ2n) is 4.08. The number of aliphatic hydroxyl groups excluding tert-OH is 1. The highest BCUT2D eigenvalue weighted by atomic mass is 19.1. The fourth-order valence-electron chi connectivity index (χ4n) is 1.61. The molecule has 0 radical (unpaired) electrons. The molecule has 0 saturated heterocycles. The Morgan fingerprint density at radius 2 is 2.22 bits per heavy atom. The molecule has 1 N–H and O–H groups in total. The minimum absolute atomic E-state index is 0.187. The predicted molar refractivity (Wildman–Crippen MR) is 62.6 cm³/mol. The Hall–Kier alpha value is -1.88. The molecular formula is C13H14FNO3. The molecule has 2 rings (SSSR count). The smallest absolute Gasteiger partial charge is 0.174 e. The van der Waals surface area contributed by atoms with E-state index < -0.39 is 11.9 Å². The monoisotopic (exact) mass is 251 g/mol. The molecule has 0 saturated carbocycles. The highest BCUT2D eigenvalue weighted by Gasteiger charge is 2.11. The van der Waals surface area contributed by atoms with E-state index in [-0.39, 0.29) is 6.61 Å². The van der Waals surface area contributed by atoms with Crippen LogP contribution in [-0.2, 0) is 6.61 Å². The van der Waals surface area contributed by atoms with Crippen molar-refractivity contribution in [1.82, 2.24) is 5.16 Å². The highest BCUT2D eigenvalue weighted by molar-refractivity contribution is 5.35. The predicted octanol–water partition coefficient (Wildman–Crippen LogP) is 2.75. The normalized spacial score (nSPS) is 12.4. The molecule has 1 heterocycles. The molecular weight excluding hydrogens is 237 g/mol. The lowest BCUT2D eigenvalue weighted by Gasteiger charge is -2.12. The maximum Gasteiger partial charge on any atom is 0.174 e. The van der Waals surface area contributed by atoms with E-state index in [1.807, 2.05) is 6.92 Å². The van der Waals surface area contributed by atoms with Crippen molar-refractivity contribution in [1.29, 1.82) is 0 Å². The maximum absolute atomic E-state index is 13.1. The van der Waals surface area contributed by atoms with Gasteiger partial charge < -0.3 is 14.4 Å². The second kappa shape index (κ2) is 5.18. The SMILES string of the molecule is Cc1cc(COc2ccc(F)cc2C(C)O)on1. The van der Waals surface area contributed by atoms with Gasteiger partial charge in [-0.3, -0.25) is 0 Å². The van der Waals surface area contributed by atoms with E-state index >= 15 is 0 Å². The number of nitrogens with zero attached hydrogens (tertiary/aromatic N) is 1. The first-order valence-electron chi connectivity index (χ1n) is 5.59. The van der Waals surface area contributed by atoms with Gasteiger partial charge in [-0.1, -0.05) is 5.16 Å². The fraction of sp³-hybridized carbons (Fsp3) is 0.308. The van der Waals surface area contributed by atoms with E-state index in [0.29, 0.717) is 17.1 Å². The number of ether oxygens (including phenoxy) is 1. The third-order valence-electron chi connectivity index (χ3n) is 2.47. The number of rotatable bonds is 4. The Labute approximate surface area is 104 Å². The minimum atomic E-state index is -0.799. The maximum atomic E-state index is 13.1. The van der Waals surface area contributed by atoms with Gasteiger partial charge in [-0.2, -0.15) is 0 Å². The second-order valence-corrected chi connectivity index (χ2v) is 4.08. The van der Waals surface area contributed by atoms with Crippen molar-refractivity contribution in [3.05, 3.63) is 47.1 Å². The molecule has 1 aromatic carbocycles. The summed E-state index contributed by atoms with van der Waals surface area (Å²) in [5, 5.41) is 13.3. The van der Waals surface area contributed by atoms with Gasteiger partial charge in [0, 0.05) is 11.6 Å². The summed E-state index contributed by atoms with van der Waals surface area (Å²) >= 11 is 0. The summed E-state index contributed by atoms with van der Waals surface area (Å²) < 4.78 is 23.6. The van der Waals surface area contributed by atoms with E-state index in [1.54, 1.807) is 13.0 Å². The largest absolute Gasteiger partial charge is 0.485 e. The zero-order valence-electron chi connectivity index (χ0n) is 10.2. The van der Waals surface area contributed by atoms with Gasteiger partial charge in [0.25, 0.3) is 0 Å². The molecule has 4 nitrogen and oxygen atoms in total. The third kappa shape index (κ3) is 2.87. The van der Waals surface area contributed by atoms with E-state index in [4.69, 9.17) is 9.26 Å². The van der Waals surface area contributed by atoms with Crippen LogP contribution in [0, 0.1) is 12.7 Å². The van der Waals surface area contributed by atoms with Crippen molar-refractivity contribution >= 4 is 0 Å². The van der Waals surface area contributed by atoms with Crippen LogP contribution in [-0.4, -0.2) is 10.3 Å². The molecule has 96 valence electrons. The summed E-state index contributed by atoms with van der Waals surface area (Å²) in [4.78, 5) is 0. The van der Waals surface area contributed by atoms with Crippen LogP contribution in [0.15, 0.2) is 28.8 Å². The molecule has 0 spiro atoms. The van der Waals surface area contributed by atoms with E-state index in [1.165, 1.54) is 18.2 Å². The van der Waals surface area contributed by atoms with Crippen LogP contribution in [0.1, 0.15) is 30.0 Å². The summed E-state index contributed by atoms with van der Waals surface area (Å²) in [6.45, 7) is 3.55. The van der Waals surface area contributed by atoms with Gasteiger partial charge >= 0.3 is 0 Å². The molecule has 0 bridgehead atoms. The highest BCUT2D eigenvalue weighted by Crippen LogP contribution is 2.26. The molecule has 1 unspecified atom stereocenters. The lowest BCUT2D eigenvalue weighted by atomic mass is 10.1. The average Bonchev–Trinajstić information content (AvgIpc) is 2.73. The van der Waals surface area contributed by atoms with Crippen molar-refractivity contribution in [2.45, 2.75) is 26.6 Å². The Kier molecular flexibility index (Phi) is 3.62. The third-order valence-corrected chi connectivity index (χ3v) is 2.47. The number of aromatic nitrogens is 1. The Morgan fingerprint density at radius 1 is 1.44 bits per heavy atom. The number of hydrogen-bond donors (Lipinski definition) is 1. The standard InChI is InChI=1S/C13H14FNO3/c1-8-5-11(18-15-8)7-17-13-4-3-10(14)6-12(13)9(2)16/h3-6,9,16H,7H2,1-2H3. The Morgan fingerprint density at radius 3 is 2.83 bits per heavy atom. The molecule has 5 heteroatoms. The minimum Gasteiger partial charge on any atom is -0.485 e. The molecule has 0 aliphatic heterocycles. The van der Waals surface area contributed by atoms with E-state index in [0.717, 1.165) is 5.69 Å². The zero-order valence-corrected chi connectivity index (χ0v) is 10.2. The van der Waals surface area contributed by atoms with Crippen LogP contribution in [0.5, 0.6) is 5.75 Å². The Balaban J connectivity index is 2.13. The average molecular weight is 251 g/mol. The summed E-state index contributed by atoms with van der Waals surface area (Å²) in [6.07, 6.45) is -0.799. The molecule has 0 fully saturated rings. The molecule has 18 heavy (non-hydrogen) atoms. The molecule has 2 aromatic rings. The van der Waals surface area contributed by atoms with Gasteiger partial charge in [0.15, 0.2) is 5.76 Å². The Bertz CT molecular complexity index is 537. The van der Waals surface area contributed by atoms with Crippen molar-refractivity contribution in [3.63, 3.8) is 0 Å². The van der Waals surface area contributed by atoms with E-state index in [9.17, 15) is 9.50 Å². The van der Waals surface area contributed by atoms with Gasteiger partial charge in [0.2, 0.25) is 0 Å². The molecule has 0 aliphatic carbocycles. The first-order valence-corrected chi connectivity index (χ1v) is 5.59.